The second kappa shape index (κ2) is 15.2. The van der Waals surface area contributed by atoms with E-state index in [1.54, 1.807) is 0 Å². The molecule has 1 unspecified atom stereocenters. The first-order valence-electron chi connectivity index (χ1n) is 11.9. The zero-order valence-electron chi connectivity index (χ0n) is 18.9. The second-order valence-corrected chi connectivity index (χ2v) is 9.03. The maximum atomic E-state index is 5.94. The number of benzene rings is 1. The lowest BCUT2D eigenvalue weighted by Crippen LogP contribution is -2.03. The molecule has 0 spiro atoms. The summed E-state index contributed by atoms with van der Waals surface area (Å²) in [4.78, 5) is 9.12. The number of rotatable bonds is 16. The van der Waals surface area contributed by atoms with Crippen LogP contribution in [-0.4, -0.2) is 22.0 Å². The molecule has 0 bridgehead atoms. The second-order valence-electron chi connectivity index (χ2n) is 8.29. The van der Waals surface area contributed by atoms with Crippen molar-refractivity contribution in [3.8, 4) is 17.1 Å². The lowest BCUT2D eigenvalue weighted by atomic mass is 10.0. The van der Waals surface area contributed by atoms with Crippen LogP contribution in [0.5, 0.6) is 5.75 Å². The van der Waals surface area contributed by atoms with E-state index in [-0.39, 0.29) is 5.38 Å². The Morgan fingerprint density at radius 3 is 1.97 bits per heavy atom. The summed E-state index contributed by atoms with van der Waals surface area (Å²) in [5.41, 5.74) is 2.24. The van der Waals surface area contributed by atoms with Crippen molar-refractivity contribution < 1.29 is 4.74 Å². The first-order valence-corrected chi connectivity index (χ1v) is 12.3. The number of hydrogen-bond donors (Lipinski definition) is 0. The predicted molar refractivity (Wildman–Crippen MR) is 128 cm³/mol. The molecule has 0 fully saturated rings. The standard InChI is InChI=1S/C26H39ClN2O/c1-3-4-5-6-7-8-9-10-11-12-13-23-20-28-26(29-21-23)24-14-16-25(17-15-24)30-19-18-22(2)27/h14-17,20-22H,3-13,18-19H2,1-2H3. The Morgan fingerprint density at radius 2 is 1.40 bits per heavy atom. The maximum Gasteiger partial charge on any atom is 0.159 e. The largest absolute Gasteiger partial charge is 0.494 e. The zero-order valence-corrected chi connectivity index (χ0v) is 19.7. The average molecular weight is 431 g/mol. The highest BCUT2D eigenvalue weighted by molar-refractivity contribution is 6.20. The van der Waals surface area contributed by atoms with E-state index in [9.17, 15) is 0 Å². The van der Waals surface area contributed by atoms with Crippen molar-refractivity contribution in [2.24, 2.45) is 0 Å². The number of ether oxygens (including phenoxy) is 1. The van der Waals surface area contributed by atoms with Crippen LogP contribution in [0.3, 0.4) is 0 Å². The van der Waals surface area contributed by atoms with Gasteiger partial charge in [-0.3, -0.25) is 0 Å². The van der Waals surface area contributed by atoms with Gasteiger partial charge in [0.1, 0.15) is 5.75 Å². The smallest absolute Gasteiger partial charge is 0.159 e. The average Bonchev–Trinajstić information content (AvgIpc) is 2.76. The first kappa shape index (κ1) is 24.7. The number of nitrogens with zero attached hydrogens (tertiary/aromatic N) is 2. The molecule has 0 saturated carbocycles. The fraction of sp³-hybridized carbons (Fsp3) is 0.615. The molecule has 1 aromatic heterocycles. The fourth-order valence-corrected chi connectivity index (χ4v) is 3.58. The molecule has 0 saturated heterocycles. The van der Waals surface area contributed by atoms with Crippen LogP contribution in [0.25, 0.3) is 11.4 Å². The molecule has 1 aromatic carbocycles. The highest BCUT2D eigenvalue weighted by Gasteiger charge is 2.04. The summed E-state index contributed by atoms with van der Waals surface area (Å²) < 4.78 is 5.70. The molecule has 0 radical (unpaired) electrons. The van der Waals surface area contributed by atoms with E-state index in [1.807, 2.05) is 43.6 Å². The Hall–Kier alpha value is -1.61. The number of unbranched alkanes of at least 4 members (excludes halogenated alkanes) is 9. The van der Waals surface area contributed by atoms with Gasteiger partial charge in [0.05, 0.1) is 6.61 Å². The van der Waals surface area contributed by atoms with Crippen molar-refractivity contribution >= 4 is 11.6 Å². The van der Waals surface area contributed by atoms with Gasteiger partial charge in [-0.25, -0.2) is 9.97 Å². The van der Waals surface area contributed by atoms with Crippen LogP contribution in [0.4, 0.5) is 0 Å². The van der Waals surface area contributed by atoms with Crippen molar-refractivity contribution in [3.63, 3.8) is 0 Å². The summed E-state index contributed by atoms with van der Waals surface area (Å²) in [5.74, 6) is 1.62. The molecule has 30 heavy (non-hydrogen) atoms. The molecule has 0 aliphatic heterocycles. The summed E-state index contributed by atoms with van der Waals surface area (Å²) >= 11 is 5.94. The predicted octanol–water partition coefficient (Wildman–Crippen LogP) is 8.00. The molecular weight excluding hydrogens is 392 g/mol. The minimum Gasteiger partial charge on any atom is -0.494 e. The Balaban J connectivity index is 1.62. The van der Waals surface area contributed by atoms with E-state index in [4.69, 9.17) is 16.3 Å². The first-order chi connectivity index (χ1) is 14.7. The van der Waals surface area contributed by atoms with Gasteiger partial charge >= 0.3 is 0 Å². The molecule has 4 heteroatoms. The van der Waals surface area contributed by atoms with Crippen LogP contribution in [-0.2, 0) is 6.42 Å². The van der Waals surface area contributed by atoms with Crippen LogP contribution in [0.1, 0.15) is 90.0 Å². The van der Waals surface area contributed by atoms with E-state index in [0.29, 0.717) is 6.61 Å². The summed E-state index contributed by atoms with van der Waals surface area (Å²) in [6.07, 6.45) is 19.5. The normalized spacial score (nSPS) is 12.1. The van der Waals surface area contributed by atoms with Gasteiger partial charge in [-0.2, -0.15) is 0 Å². The maximum absolute atomic E-state index is 5.94. The molecule has 2 rings (SSSR count). The molecule has 1 atom stereocenters. The van der Waals surface area contributed by atoms with Crippen molar-refractivity contribution in [2.75, 3.05) is 6.61 Å². The SMILES string of the molecule is CCCCCCCCCCCCc1cnc(-c2ccc(OCCC(C)Cl)cc2)nc1. The van der Waals surface area contributed by atoms with Gasteiger partial charge in [-0.1, -0.05) is 64.7 Å². The van der Waals surface area contributed by atoms with E-state index in [0.717, 1.165) is 30.0 Å². The third kappa shape index (κ3) is 10.4. The topological polar surface area (TPSA) is 35.0 Å². The van der Waals surface area contributed by atoms with Gasteiger partial charge in [0.15, 0.2) is 5.82 Å². The van der Waals surface area contributed by atoms with E-state index < -0.39 is 0 Å². The Kier molecular flexibility index (Phi) is 12.5. The molecule has 0 N–H and O–H groups in total. The summed E-state index contributed by atoms with van der Waals surface area (Å²) in [5, 5.41) is 0.136. The number of aromatic nitrogens is 2. The van der Waals surface area contributed by atoms with Crippen LogP contribution < -0.4 is 4.74 Å². The van der Waals surface area contributed by atoms with E-state index >= 15 is 0 Å². The molecule has 0 amide bonds. The monoisotopic (exact) mass is 430 g/mol. The highest BCUT2D eigenvalue weighted by Crippen LogP contribution is 2.20. The van der Waals surface area contributed by atoms with Crippen molar-refractivity contribution in [2.45, 2.75) is 96.3 Å². The summed E-state index contributed by atoms with van der Waals surface area (Å²) in [6.45, 7) is 4.89. The van der Waals surface area contributed by atoms with Gasteiger partial charge in [-0.15, -0.1) is 11.6 Å². The number of aryl methyl sites for hydroxylation is 1. The Bertz CT molecular complexity index is 670. The molecule has 0 aliphatic rings. The van der Waals surface area contributed by atoms with Crippen LogP contribution in [0.15, 0.2) is 36.7 Å². The van der Waals surface area contributed by atoms with Gasteiger partial charge in [0.25, 0.3) is 0 Å². The lowest BCUT2D eigenvalue weighted by molar-refractivity contribution is 0.310. The molecule has 2 aromatic rings. The minimum absolute atomic E-state index is 0.136. The van der Waals surface area contributed by atoms with Gasteiger partial charge in [0.2, 0.25) is 0 Å². The minimum atomic E-state index is 0.136. The Morgan fingerprint density at radius 1 is 0.833 bits per heavy atom. The number of halogens is 1. The van der Waals surface area contributed by atoms with Crippen molar-refractivity contribution in [3.05, 3.63) is 42.2 Å². The van der Waals surface area contributed by atoms with Gasteiger partial charge in [0, 0.05) is 23.3 Å². The van der Waals surface area contributed by atoms with E-state index in [1.165, 1.54) is 69.8 Å². The van der Waals surface area contributed by atoms with Crippen LogP contribution in [0.2, 0.25) is 0 Å². The quantitative estimate of drug-likeness (QED) is 0.200. The van der Waals surface area contributed by atoms with Crippen molar-refractivity contribution in [1.29, 1.82) is 0 Å². The summed E-state index contributed by atoms with van der Waals surface area (Å²) in [7, 11) is 0. The Labute approximate surface area is 188 Å². The third-order valence-corrected chi connectivity index (χ3v) is 5.64. The van der Waals surface area contributed by atoms with Crippen LogP contribution in [0, 0.1) is 0 Å². The summed E-state index contributed by atoms with van der Waals surface area (Å²) in [6, 6.07) is 7.96. The zero-order chi connectivity index (χ0) is 21.4. The van der Waals surface area contributed by atoms with Gasteiger partial charge < -0.3 is 4.74 Å². The third-order valence-electron chi connectivity index (χ3n) is 5.42. The van der Waals surface area contributed by atoms with Gasteiger partial charge in [-0.05, 0) is 56.0 Å². The molecule has 166 valence electrons. The molecule has 1 heterocycles. The molecule has 0 aliphatic carbocycles. The van der Waals surface area contributed by atoms with E-state index in [2.05, 4.69) is 16.9 Å². The highest BCUT2D eigenvalue weighted by atomic mass is 35.5. The number of alkyl halides is 1. The van der Waals surface area contributed by atoms with Crippen LogP contribution >= 0.6 is 11.6 Å². The van der Waals surface area contributed by atoms with Crippen molar-refractivity contribution in [1.82, 2.24) is 9.97 Å². The molecule has 3 nitrogen and oxygen atoms in total. The lowest BCUT2D eigenvalue weighted by Gasteiger charge is -2.08. The molecular formula is C26H39ClN2O. The number of hydrogen-bond acceptors (Lipinski definition) is 3. The fourth-order valence-electron chi connectivity index (χ4n) is 3.49.